The second-order valence-electron chi connectivity index (χ2n) is 2.66. The maximum Gasteiger partial charge on any atom is 0.152 e. The van der Waals surface area contributed by atoms with Crippen molar-refractivity contribution in [2.24, 2.45) is 10.5 Å². The largest absolute Gasteiger partial charge is 0.302 e. The number of aldehydes is 1. The second kappa shape index (κ2) is 2.26. The van der Waals surface area contributed by atoms with E-state index in [9.17, 15) is 4.79 Å². The van der Waals surface area contributed by atoms with Gasteiger partial charge in [-0.05, 0) is 13.8 Å². The van der Waals surface area contributed by atoms with Crippen LogP contribution in [-0.2, 0) is 4.79 Å². The zero-order valence-corrected chi connectivity index (χ0v) is 5.93. The molecule has 0 bridgehead atoms. The van der Waals surface area contributed by atoms with Crippen LogP contribution in [-0.4, -0.2) is 12.1 Å². The highest BCUT2D eigenvalue weighted by Gasteiger charge is 2.26. The van der Waals surface area contributed by atoms with Gasteiger partial charge in [-0.25, -0.2) is 5.53 Å². The Kier molecular flexibility index (Phi) is 1.58. The highest BCUT2D eigenvalue weighted by molar-refractivity contribution is 5.99. The summed E-state index contributed by atoms with van der Waals surface area (Å²) in [7, 11) is 0. The van der Waals surface area contributed by atoms with Gasteiger partial charge < -0.3 is 4.79 Å². The summed E-state index contributed by atoms with van der Waals surface area (Å²) in [4.78, 5) is 10.4. The molecule has 0 fully saturated rings. The summed E-state index contributed by atoms with van der Waals surface area (Å²) in [6.07, 6.45) is 0.841. The van der Waals surface area contributed by atoms with Crippen molar-refractivity contribution in [2.45, 2.75) is 13.8 Å². The van der Waals surface area contributed by atoms with E-state index < -0.39 is 5.41 Å². The van der Waals surface area contributed by atoms with Gasteiger partial charge in [0, 0.05) is 0 Å². The SMILES string of the molecule is CC(C)(C=O)C1=NNNN1. The van der Waals surface area contributed by atoms with E-state index >= 15 is 0 Å². The average molecular weight is 142 g/mol. The molecule has 0 saturated heterocycles. The Morgan fingerprint density at radius 2 is 2.30 bits per heavy atom. The molecular formula is C5H10N4O. The Hall–Kier alpha value is -1.10. The Labute approximate surface area is 58.8 Å². The number of hydrogen-bond acceptors (Lipinski definition) is 5. The lowest BCUT2D eigenvalue weighted by molar-refractivity contribution is -0.112. The predicted molar refractivity (Wildman–Crippen MR) is 36.7 cm³/mol. The zero-order chi connectivity index (χ0) is 7.61. The molecule has 3 N–H and O–H groups in total. The molecule has 1 aliphatic rings. The first-order chi connectivity index (χ1) is 4.67. The van der Waals surface area contributed by atoms with Gasteiger partial charge in [-0.3, -0.25) is 5.43 Å². The molecule has 5 heteroatoms. The van der Waals surface area contributed by atoms with Crippen molar-refractivity contribution in [3.05, 3.63) is 0 Å². The standard InChI is InChI=1S/C5H10N4O/c1-5(2,3-10)4-6-8-9-7-4/h3,8-9H,1-2H3,(H,6,7). The van der Waals surface area contributed by atoms with Crippen LogP contribution in [0.15, 0.2) is 5.10 Å². The maximum absolute atomic E-state index is 10.4. The number of rotatable bonds is 2. The van der Waals surface area contributed by atoms with Gasteiger partial charge in [0.1, 0.15) is 6.29 Å². The van der Waals surface area contributed by atoms with Crippen molar-refractivity contribution in [3.8, 4) is 0 Å². The highest BCUT2D eigenvalue weighted by Crippen LogP contribution is 2.11. The van der Waals surface area contributed by atoms with Crippen molar-refractivity contribution in [2.75, 3.05) is 0 Å². The van der Waals surface area contributed by atoms with Crippen LogP contribution in [0.5, 0.6) is 0 Å². The lowest BCUT2D eigenvalue weighted by Crippen LogP contribution is -2.41. The Morgan fingerprint density at radius 3 is 2.70 bits per heavy atom. The number of amidine groups is 1. The number of hydrogen-bond donors (Lipinski definition) is 3. The van der Waals surface area contributed by atoms with Crippen LogP contribution >= 0.6 is 0 Å². The predicted octanol–water partition coefficient (Wildman–Crippen LogP) is -0.863. The molecule has 10 heavy (non-hydrogen) atoms. The van der Waals surface area contributed by atoms with E-state index in [4.69, 9.17) is 0 Å². The lowest BCUT2D eigenvalue weighted by Gasteiger charge is -2.14. The molecule has 56 valence electrons. The van der Waals surface area contributed by atoms with Crippen LogP contribution in [0.1, 0.15) is 13.8 Å². The van der Waals surface area contributed by atoms with E-state index in [1.54, 1.807) is 13.8 Å². The van der Waals surface area contributed by atoms with Crippen molar-refractivity contribution in [1.82, 2.24) is 16.5 Å². The number of carbonyl (C=O) groups excluding carboxylic acids is 1. The topological polar surface area (TPSA) is 65.5 Å². The third kappa shape index (κ3) is 1.08. The van der Waals surface area contributed by atoms with Gasteiger partial charge in [0.15, 0.2) is 5.84 Å². The van der Waals surface area contributed by atoms with Gasteiger partial charge in [0.05, 0.1) is 5.41 Å². The second-order valence-corrected chi connectivity index (χ2v) is 2.66. The van der Waals surface area contributed by atoms with E-state index in [1.165, 1.54) is 0 Å². The minimum absolute atomic E-state index is 0.545. The van der Waals surface area contributed by atoms with Crippen LogP contribution in [0.4, 0.5) is 0 Å². The number of nitrogens with zero attached hydrogens (tertiary/aromatic N) is 1. The third-order valence-corrected chi connectivity index (χ3v) is 1.31. The summed E-state index contributed by atoms with van der Waals surface area (Å²) in [5.74, 6) is 0.600. The molecule has 1 heterocycles. The normalized spacial score (nSPS) is 17.2. The first kappa shape index (κ1) is 7.01. The Morgan fingerprint density at radius 1 is 1.60 bits per heavy atom. The van der Waals surface area contributed by atoms with Gasteiger partial charge in [-0.15, -0.1) is 10.6 Å². The summed E-state index contributed by atoms with van der Waals surface area (Å²) >= 11 is 0. The molecule has 1 rings (SSSR count). The smallest absolute Gasteiger partial charge is 0.152 e. The van der Waals surface area contributed by atoms with Crippen LogP contribution in [0.2, 0.25) is 0 Å². The fraction of sp³-hybridized carbons (Fsp3) is 0.600. The highest BCUT2D eigenvalue weighted by atomic mass is 16.1. The van der Waals surface area contributed by atoms with Gasteiger partial charge in [-0.1, -0.05) is 0 Å². The fourth-order valence-electron chi connectivity index (χ4n) is 0.560. The molecule has 0 aromatic heterocycles. The van der Waals surface area contributed by atoms with Crippen LogP contribution in [0, 0.1) is 5.41 Å². The molecule has 0 aliphatic carbocycles. The number of nitrogens with one attached hydrogen (secondary N) is 3. The van der Waals surface area contributed by atoms with Gasteiger partial charge in [0.2, 0.25) is 0 Å². The van der Waals surface area contributed by atoms with E-state index in [0.29, 0.717) is 5.84 Å². The Bertz CT molecular complexity index is 174. The van der Waals surface area contributed by atoms with Crippen molar-refractivity contribution < 1.29 is 4.79 Å². The number of hydrazine groups is 2. The molecule has 1 aliphatic heterocycles. The molecule has 0 atom stereocenters. The van der Waals surface area contributed by atoms with E-state index in [2.05, 4.69) is 21.6 Å². The minimum Gasteiger partial charge on any atom is -0.302 e. The minimum atomic E-state index is -0.545. The molecule has 0 radical (unpaired) electrons. The van der Waals surface area contributed by atoms with E-state index in [-0.39, 0.29) is 0 Å². The summed E-state index contributed by atoms with van der Waals surface area (Å²) < 4.78 is 0. The quantitative estimate of drug-likeness (QED) is 0.439. The van der Waals surface area contributed by atoms with Crippen molar-refractivity contribution in [3.63, 3.8) is 0 Å². The molecule has 0 aromatic carbocycles. The summed E-state index contributed by atoms with van der Waals surface area (Å²) in [5.41, 5.74) is 7.19. The molecule has 0 unspecified atom stereocenters. The molecular weight excluding hydrogens is 132 g/mol. The average Bonchev–Trinajstić information content (AvgIpc) is 2.38. The first-order valence-electron chi connectivity index (χ1n) is 2.97. The molecule has 0 aromatic rings. The zero-order valence-electron chi connectivity index (χ0n) is 5.93. The summed E-state index contributed by atoms with van der Waals surface area (Å²) in [6.45, 7) is 3.56. The van der Waals surface area contributed by atoms with Crippen LogP contribution < -0.4 is 16.5 Å². The van der Waals surface area contributed by atoms with Crippen molar-refractivity contribution in [1.29, 1.82) is 0 Å². The first-order valence-corrected chi connectivity index (χ1v) is 2.97. The van der Waals surface area contributed by atoms with Gasteiger partial charge in [-0.2, -0.15) is 0 Å². The fourth-order valence-corrected chi connectivity index (χ4v) is 0.560. The van der Waals surface area contributed by atoms with Gasteiger partial charge in [0.25, 0.3) is 0 Å². The third-order valence-electron chi connectivity index (χ3n) is 1.31. The summed E-state index contributed by atoms with van der Waals surface area (Å²) in [5, 5.41) is 3.79. The van der Waals surface area contributed by atoms with Crippen molar-refractivity contribution >= 4 is 12.1 Å². The number of carbonyl (C=O) groups is 1. The molecule has 5 nitrogen and oxygen atoms in total. The van der Waals surface area contributed by atoms with Crippen LogP contribution in [0.3, 0.4) is 0 Å². The lowest BCUT2D eigenvalue weighted by atomic mass is 9.95. The van der Waals surface area contributed by atoms with E-state index in [1.807, 2.05) is 0 Å². The number of hydrazone groups is 1. The molecule has 0 amide bonds. The summed E-state index contributed by atoms with van der Waals surface area (Å²) in [6, 6.07) is 0. The van der Waals surface area contributed by atoms with Crippen LogP contribution in [0.25, 0.3) is 0 Å². The molecule has 0 saturated carbocycles. The van der Waals surface area contributed by atoms with E-state index in [0.717, 1.165) is 6.29 Å². The Balaban J connectivity index is 2.71. The molecule has 0 spiro atoms. The maximum atomic E-state index is 10.4. The van der Waals surface area contributed by atoms with Gasteiger partial charge >= 0.3 is 0 Å². The monoisotopic (exact) mass is 142 g/mol.